The maximum absolute atomic E-state index is 10.2. The molecule has 1 aliphatic carbocycles. The number of benzene rings is 2. The highest BCUT2D eigenvalue weighted by Gasteiger charge is 2.48. The van der Waals surface area contributed by atoms with Crippen LogP contribution in [0.15, 0.2) is 60.8 Å². The van der Waals surface area contributed by atoms with Crippen LogP contribution in [0.5, 0.6) is 5.75 Å². The second-order valence-corrected chi connectivity index (χ2v) is 8.39. The van der Waals surface area contributed by atoms with E-state index in [1.807, 2.05) is 42.5 Å². The van der Waals surface area contributed by atoms with E-state index in [0.717, 1.165) is 29.0 Å². The molecule has 176 valence electrons. The molecule has 0 bridgehead atoms. The van der Waals surface area contributed by atoms with Gasteiger partial charge in [-0.1, -0.05) is 47.7 Å². The topological polar surface area (TPSA) is 141 Å². The summed E-state index contributed by atoms with van der Waals surface area (Å²) in [6.45, 7) is 0.550. The van der Waals surface area contributed by atoms with E-state index in [4.69, 9.17) is 4.74 Å². The molecule has 9 heteroatoms. The Bertz CT molecular complexity index is 997. The Kier molecular flexibility index (Phi) is 7.36. The molecule has 0 saturated heterocycles. The zero-order valence-electron chi connectivity index (χ0n) is 18.1. The fourth-order valence-corrected chi connectivity index (χ4v) is 4.11. The number of ether oxygens (including phenoxy) is 1. The summed E-state index contributed by atoms with van der Waals surface area (Å²) in [5.41, 5.74) is 3.00. The number of aliphatic hydroxyl groups excluding tert-OH is 5. The van der Waals surface area contributed by atoms with Gasteiger partial charge in [0.25, 0.3) is 0 Å². The van der Waals surface area contributed by atoms with Crippen LogP contribution in [0.3, 0.4) is 0 Å². The summed E-state index contributed by atoms with van der Waals surface area (Å²) in [6, 6.07) is 18.1. The predicted octanol–water partition coefficient (Wildman–Crippen LogP) is 0.391. The van der Waals surface area contributed by atoms with E-state index in [-0.39, 0.29) is 6.54 Å². The number of hydrogen-bond donors (Lipinski definition) is 5. The number of rotatable bonds is 8. The van der Waals surface area contributed by atoms with Crippen molar-refractivity contribution in [3.05, 3.63) is 66.5 Å². The van der Waals surface area contributed by atoms with Crippen molar-refractivity contribution in [2.45, 2.75) is 49.9 Å². The van der Waals surface area contributed by atoms with Crippen LogP contribution in [0, 0.1) is 5.92 Å². The molecule has 0 aliphatic heterocycles. The van der Waals surface area contributed by atoms with Crippen molar-refractivity contribution in [1.82, 2.24) is 15.0 Å². The summed E-state index contributed by atoms with van der Waals surface area (Å²) < 4.78 is 7.26. The Morgan fingerprint density at radius 1 is 0.758 bits per heavy atom. The Labute approximate surface area is 191 Å². The van der Waals surface area contributed by atoms with Gasteiger partial charge in [0.2, 0.25) is 0 Å². The van der Waals surface area contributed by atoms with Gasteiger partial charge in [-0.2, -0.15) is 0 Å². The molecule has 2 aromatic carbocycles. The smallest absolute Gasteiger partial charge is 0.119 e. The molecule has 0 radical (unpaired) electrons. The Balaban J connectivity index is 1.24. The standard InChI is InChI=1S/C24H29N3O6/c28-20-19(21(29)23(31)24(32)22(20)30)14-27-13-17(25-26-27)7-4-12-33-18-10-8-16(9-11-18)15-5-2-1-3-6-15/h1-3,5-6,8-11,13,19-24,28-32H,4,7,12,14H2/t19?,20-,21-,22+,23+,24?/m1/s1. The molecule has 4 atom stereocenters. The van der Waals surface area contributed by atoms with Crippen LogP contribution < -0.4 is 4.74 Å². The molecule has 1 aliphatic rings. The van der Waals surface area contributed by atoms with Crippen molar-refractivity contribution in [1.29, 1.82) is 0 Å². The molecule has 0 unspecified atom stereocenters. The summed E-state index contributed by atoms with van der Waals surface area (Å²) in [7, 11) is 0. The molecule has 0 amide bonds. The lowest BCUT2D eigenvalue weighted by atomic mass is 9.78. The number of aliphatic hydroxyl groups is 5. The van der Waals surface area contributed by atoms with Gasteiger partial charge in [0.05, 0.1) is 31.1 Å². The van der Waals surface area contributed by atoms with E-state index >= 15 is 0 Å². The van der Waals surface area contributed by atoms with Crippen LogP contribution in [0.25, 0.3) is 11.1 Å². The van der Waals surface area contributed by atoms with Gasteiger partial charge >= 0.3 is 0 Å². The molecular formula is C24H29N3O6. The molecule has 9 nitrogen and oxygen atoms in total. The second kappa shape index (κ2) is 10.4. The van der Waals surface area contributed by atoms with Gasteiger partial charge in [-0.25, -0.2) is 0 Å². The minimum atomic E-state index is -1.60. The first-order chi connectivity index (χ1) is 15.9. The monoisotopic (exact) mass is 455 g/mol. The lowest BCUT2D eigenvalue weighted by Gasteiger charge is -2.41. The SMILES string of the molecule is OC1[C@@H](O)[C@H](O)C(Cn2cc(CCCOc3ccc(-c4ccccc4)cc3)nn2)[C@@H](O)[C@@H]1O. The maximum atomic E-state index is 10.2. The Morgan fingerprint density at radius 2 is 1.36 bits per heavy atom. The van der Waals surface area contributed by atoms with Gasteiger partial charge < -0.3 is 30.3 Å². The molecular weight excluding hydrogens is 426 g/mol. The van der Waals surface area contributed by atoms with Crippen molar-refractivity contribution < 1.29 is 30.3 Å². The van der Waals surface area contributed by atoms with Crippen molar-refractivity contribution in [2.24, 2.45) is 5.92 Å². The zero-order valence-corrected chi connectivity index (χ0v) is 18.1. The minimum Gasteiger partial charge on any atom is -0.494 e. The van der Waals surface area contributed by atoms with Crippen molar-refractivity contribution in [3.8, 4) is 16.9 Å². The summed E-state index contributed by atoms with van der Waals surface area (Å²) >= 11 is 0. The molecule has 3 aromatic rings. The highest BCUT2D eigenvalue weighted by molar-refractivity contribution is 5.63. The quantitative estimate of drug-likeness (QED) is 0.307. The molecule has 1 fully saturated rings. The number of aromatic nitrogens is 3. The first-order valence-electron chi connectivity index (χ1n) is 11.0. The zero-order chi connectivity index (χ0) is 23.4. The molecule has 1 saturated carbocycles. The summed E-state index contributed by atoms with van der Waals surface area (Å²) in [6.07, 6.45) is -4.45. The van der Waals surface area contributed by atoms with Crippen LogP contribution in [-0.2, 0) is 13.0 Å². The molecule has 1 heterocycles. The molecule has 1 aromatic heterocycles. The number of hydrogen-bond acceptors (Lipinski definition) is 8. The average Bonchev–Trinajstić information content (AvgIpc) is 3.30. The second-order valence-electron chi connectivity index (χ2n) is 8.39. The lowest BCUT2D eigenvalue weighted by Crippen LogP contribution is -2.61. The van der Waals surface area contributed by atoms with E-state index in [2.05, 4.69) is 22.4 Å². The summed E-state index contributed by atoms with van der Waals surface area (Å²) in [5, 5.41) is 57.8. The molecule has 4 rings (SSSR count). The van der Waals surface area contributed by atoms with E-state index < -0.39 is 36.4 Å². The van der Waals surface area contributed by atoms with Crippen LogP contribution in [0.2, 0.25) is 0 Å². The third kappa shape index (κ3) is 5.40. The first-order valence-corrected chi connectivity index (χ1v) is 11.0. The average molecular weight is 456 g/mol. The van der Waals surface area contributed by atoms with Gasteiger partial charge in [-0.05, 0) is 36.1 Å². The molecule has 33 heavy (non-hydrogen) atoms. The fraction of sp³-hybridized carbons (Fsp3) is 0.417. The Morgan fingerprint density at radius 3 is 2.03 bits per heavy atom. The largest absolute Gasteiger partial charge is 0.494 e. The number of aryl methyl sites for hydroxylation is 1. The van der Waals surface area contributed by atoms with E-state index in [1.54, 1.807) is 6.20 Å². The highest BCUT2D eigenvalue weighted by Crippen LogP contribution is 2.28. The number of nitrogens with zero attached hydrogens (tertiary/aromatic N) is 3. The van der Waals surface area contributed by atoms with Crippen molar-refractivity contribution in [2.75, 3.05) is 6.61 Å². The van der Waals surface area contributed by atoms with Gasteiger partial charge in [-0.3, -0.25) is 4.68 Å². The molecule has 0 spiro atoms. The fourth-order valence-electron chi connectivity index (χ4n) is 4.11. The third-order valence-electron chi connectivity index (χ3n) is 6.07. The van der Waals surface area contributed by atoms with Crippen molar-refractivity contribution >= 4 is 0 Å². The predicted molar refractivity (Wildman–Crippen MR) is 119 cm³/mol. The van der Waals surface area contributed by atoms with E-state index in [1.165, 1.54) is 4.68 Å². The van der Waals surface area contributed by atoms with Crippen molar-refractivity contribution in [3.63, 3.8) is 0 Å². The van der Waals surface area contributed by atoms with Gasteiger partial charge in [0.15, 0.2) is 0 Å². The normalized spacial score (nSPS) is 27.4. The third-order valence-corrected chi connectivity index (χ3v) is 6.07. The first kappa shape index (κ1) is 23.3. The summed E-state index contributed by atoms with van der Waals surface area (Å²) in [5.74, 6) is -0.104. The van der Waals surface area contributed by atoms with Crippen LogP contribution in [0.4, 0.5) is 0 Å². The highest BCUT2D eigenvalue weighted by atomic mass is 16.5. The summed E-state index contributed by atoms with van der Waals surface area (Å²) in [4.78, 5) is 0. The van der Waals surface area contributed by atoms with Crippen LogP contribution in [-0.4, -0.2) is 77.7 Å². The molecule has 5 N–H and O–H groups in total. The lowest BCUT2D eigenvalue weighted by molar-refractivity contribution is -0.206. The van der Waals surface area contributed by atoms with E-state index in [9.17, 15) is 25.5 Å². The van der Waals surface area contributed by atoms with E-state index in [0.29, 0.717) is 13.0 Å². The van der Waals surface area contributed by atoms with Gasteiger partial charge in [-0.15, -0.1) is 5.10 Å². The minimum absolute atomic E-state index is 0.0421. The maximum Gasteiger partial charge on any atom is 0.119 e. The van der Waals surface area contributed by atoms with Crippen LogP contribution >= 0.6 is 0 Å². The Hall–Kier alpha value is -2.82. The van der Waals surface area contributed by atoms with Gasteiger partial charge in [0.1, 0.15) is 24.1 Å². The van der Waals surface area contributed by atoms with Crippen LogP contribution in [0.1, 0.15) is 12.1 Å². The van der Waals surface area contributed by atoms with Gasteiger partial charge in [0, 0.05) is 12.1 Å².